The molecular formula is C23H22ClN5O2. The number of benzene rings is 2. The van der Waals surface area contributed by atoms with Crippen LogP contribution in [-0.2, 0) is 11.3 Å². The molecule has 0 atom stereocenters. The maximum atomic E-state index is 13.2. The van der Waals surface area contributed by atoms with E-state index in [0.29, 0.717) is 27.3 Å². The smallest absolute Gasteiger partial charge is 0.293 e. The number of anilines is 1. The first kappa shape index (κ1) is 20.8. The molecular weight excluding hydrogens is 414 g/mol. The first-order valence-corrected chi connectivity index (χ1v) is 10.2. The maximum Gasteiger partial charge on any atom is 0.293 e. The zero-order valence-electron chi connectivity index (χ0n) is 17.7. The largest absolute Gasteiger partial charge is 0.324 e. The summed E-state index contributed by atoms with van der Waals surface area (Å²) >= 11 is 6.12. The summed E-state index contributed by atoms with van der Waals surface area (Å²) in [6.45, 7) is 7.49. The monoisotopic (exact) mass is 435 g/mol. The molecule has 8 heteroatoms. The van der Waals surface area contributed by atoms with E-state index in [1.54, 1.807) is 29.9 Å². The molecule has 0 aliphatic carbocycles. The highest BCUT2D eigenvalue weighted by atomic mass is 35.5. The number of halogens is 1. The molecule has 4 aromatic rings. The Hall–Kier alpha value is -3.45. The number of nitrogens with one attached hydrogen (secondary N) is 1. The number of aryl methyl sites for hydroxylation is 4. The molecule has 0 unspecified atom stereocenters. The number of hydrogen-bond acceptors (Lipinski definition) is 4. The Kier molecular flexibility index (Phi) is 5.37. The fourth-order valence-corrected chi connectivity index (χ4v) is 3.57. The molecule has 0 bridgehead atoms. The van der Waals surface area contributed by atoms with Crippen LogP contribution in [0.25, 0.3) is 16.6 Å². The van der Waals surface area contributed by atoms with Crippen molar-refractivity contribution < 1.29 is 4.79 Å². The van der Waals surface area contributed by atoms with Gasteiger partial charge in [-0.25, -0.2) is 9.36 Å². The Bertz CT molecular complexity index is 1390. The van der Waals surface area contributed by atoms with Crippen LogP contribution in [0.1, 0.15) is 22.4 Å². The lowest BCUT2D eigenvalue weighted by Gasteiger charge is -2.10. The van der Waals surface area contributed by atoms with Gasteiger partial charge >= 0.3 is 0 Å². The summed E-state index contributed by atoms with van der Waals surface area (Å²) in [5, 5.41) is 12.7. The van der Waals surface area contributed by atoms with Gasteiger partial charge in [0.2, 0.25) is 5.91 Å². The Morgan fingerprint density at radius 1 is 1.03 bits per heavy atom. The average Bonchev–Trinajstić information content (AvgIpc) is 3.17. The SMILES string of the molecule is Cc1ccc(-n2ncc3c(C)nn(CC(=O)Nc4ccc(C)c(Cl)c4)c(=O)c32)cc1C. The zero-order chi connectivity index (χ0) is 22.3. The highest BCUT2D eigenvalue weighted by Crippen LogP contribution is 2.21. The normalized spacial score (nSPS) is 11.1. The number of hydrogen-bond donors (Lipinski definition) is 1. The van der Waals surface area contributed by atoms with E-state index in [-0.39, 0.29) is 18.0 Å². The van der Waals surface area contributed by atoms with Gasteiger partial charge in [0.1, 0.15) is 12.1 Å². The zero-order valence-corrected chi connectivity index (χ0v) is 18.5. The van der Waals surface area contributed by atoms with Gasteiger partial charge < -0.3 is 5.32 Å². The van der Waals surface area contributed by atoms with Crippen LogP contribution in [-0.4, -0.2) is 25.5 Å². The molecule has 0 fully saturated rings. The first-order valence-electron chi connectivity index (χ1n) is 9.83. The quantitative estimate of drug-likeness (QED) is 0.523. The standard InChI is InChI=1S/C23H22ClN5O2/c1-13-6-8-18(9-15(13)3)29-22-19(11-25-29)16(4)27-28(23(22)31)12-21(30)26-17-7-5-14(2)20(24)10-17/h5-11H,12H2,1-4H3,(H,26,30). The Morgan fingerprint density at radius 3 is 2.48 bits per heavy atom. The molecule has 0 radical (unpaired) electrons. The van der Waals surface area contributed by atoms with Gasteiger partial charge in [0.05, 0.1) is 17.6 Å². The van der Waals surface area contributed by atoms with Gasteiger partial charge in [-0.15, -0.1) is 0 Å². The molecule has 4 rings (SSSR count). The Labute approximate surface area is 184 Å². The summed E-state index contributed by atoms with van der Waals surface area (Å²) in [5.41, 5.74) is 5.15. The van der Waals surface area contributed by atoms with Crippen molar-refractivity contribution in [3.05, 3.63) is 80.4 Å². The van der Waals surface area contributed by atoms with Crippen molar-refractivity contribution in [2.75, 3.05) is 5.32 Å². The van der Waals surface area contributed by atoms with E-state index in [1.165, 1.54) is 4.68 Å². The van der Waals surface area contributed by atoms with Gasteiger partial charge in [0.15, 0.2) is 0 Å². The molecule has 31 heavy (non-hydrogen) atoms. The van der Waals surface area contributed by atoms with Crippen molar-refractivity contribution in [1.82, 2.24) is 19.6 Å². The third-order valence-electron chi connectivity index (χ3n) is 5.35. The molecule has 0 saturated carbocycles. The van der Waals surface area contributed by atoms with E-state index < -0.39 is 0 Å². The fraction of sp³-hybridized carbons (Fsp3) is 0.217. The summed E-state index contributed by atoms with van der Waals surface area (Å²) in [4.78, 5) is 25.8. The van der Waals surface area contributed by atoms with Crippen molar-refractivity contribution in [2.24, 2.45) is 0 Å². The minimum atomic E-state index is -0.381. The molecule has 2 heterocycles. The lowest BCUT2D eigenvalue weighted by atomic mass is 10.1. The Morgan fingerprint density at radius 2 is 1.77 bits per heavy atom. The van der Waals surface area contributed by atoms with Crippen molar-refractivity contribution in [2.45, 2.75) is 34.2 Å². The van der Waals surface area contributed by atoms with Crippen molar-refractivity contribution in [1.29, 1.82) is 0 Å². The highest BCUT2D eigenvalue weighted by Gasteiger charge is 2.17. The summed E-state index contributed by atoms with van der Waals surface area (Å²) in [6.07, 6.45) is 1.63. The van der Waals surface area contributed by atoms with Crippen molar-refractivity contribution >= 4 is 34.1 Å². The molecule has 7 nitrogen and oxygen atoms in total. The lowest BCUT2D eigenvalue weighted by Crippen LogP contribution is -2.31. The van der Waals surface area contributed by atoms with Crippen LogP contribution in [0.5, 0.6) is 0 Å². The molecule has 0 saturated heterocycles. The summed E-state index contributed by atoms with van der Waals surface area (Å²) in [6, 6.07) is 11.1. The predicted molar refractivity (Wildman–Crippen MR) is 122 cm³/mol. The highest BCUT2D eigenvalue weighted by molar-refractivity contribution is 6.31. The van der Waals surface area contributed by atoms with Crippen molar-refractivity contribution in [3.63, 3.8) is 0 Å². The van der Waals surface area contributed by atoms with E-state index in [2.05, 4.69) is 15.5 Å². The number of carbonyl (C=O) groups is 1. The molecule has 0 aliphatic heterocycles. The fourth-order valence-electron chi connectivity index (χ4n) is 3.39. The molecule has 0 spiro atoms. The average molecular weight is 436 g/mol. The first-order chi connectivity index (χ1) is 14.7. The summed E-state index contributed by atoms with van der Waals surface area (Å²) in [7, 11) is 0. The second kappa shape index (κ2) is 8.00. The number of nitrogens with zero attached hydrogens (tertiary/aromatic N) is 4. The van der Waals surface area contributed by atoms with Crippen LogP contribution < -0.4 is 10.9 Å². The van der Waals surface area contributed by atoms with Crippen LogP contribution in [0, 0.1) is 27.7 Å². The maximum absolute atomic E-state index is 13.2. The third-order valence-corrected chi connectivity index (χ3v) is 5.76. The second-order valence-corrected chi connectivity index (χ2v) is 8.05. The molecule has 1 N–H and O–H groups in total. The topological polar surface area (TPSA) is 81.8 Å². The third kappa shape index (κ3) is 3.96. The van der Waals surface area contributed by atoms with Gasteiger partial charge in [-0.3, -0.25) is 9.59 Å². The molecule has 1 amide bonds. The molecule has 2 aromatic carbocycles. The second-order valence-electron chi connectivity index (χ2n) is 7.65. The van der Waals surface area contributed by atoms with E-state index in [0.717, 1.165) is 22.4 Å². The van der Waals surface area contributed by atoms with Gasteiger partial charge in [0.25, 0.3) is 5.56 Å². The van der Waals surface area contributed by atoms with E-state index >= 15 is 0 Å². The lowest BCUT2D eigenvalue weighted by molar-refractivity contribution is -0.117. The molecule has 158 valence electrons. The number of aromatic nitrogens is 4. The molecule has 0 aliphatic rings. The van der Waals surface area contributed by atoms with E-state index in [1.807, 2.05) is 45.0 Å². The minimum absolute atomic E-state index is 0.223. The van der Waals surface area contributed by atoms with Gasteiger partial charge in [-0.05, 0) is 68.7 Å². The van der Waals surface area contributed by atoms with Gasteiger partial charge in [-0.1, -0.05) is 23.7 Å². The van der Waals surface area contributed by atoms with Gasteiger partial charge in [-0.2, -0.15) is 10.2 Å². The van der Waals surface area contributed by atoms with Crippen LogP contribution in [0.15, 0.2) is 47.4 Å². The number of carbonyl (C=O) groups excluding carboxylic acids is 1. The van der Waals surface area contributed by atoms with E-state index in [9.17, 15) is 9.59 Å². The van der Waals surface area contributed by atoms with E-state index in [4.69, 9.17) is 11.6 Å². The van der Waals surface area contributed by atoms with Gasteiger partial charge in [0, 0.05) is 16.1 Å². The predicted octanol–water partition coefficient (Wildman–Crippen LogP) is 4.11. The number of rotatable bonds is 4. The summed E-state index contributed by atoms with van der Waals surface area (Å²) < 4.78 is 2.77. The molecule has 2 aromatic heterocycles. The van der Waals surface area contributed by atoms with Crippen LogP contribution in [0.3, 0.4) is 0 Å². The summed E-state index contributed by atoms with van der Waals surface area (Å²) in [5.74, 6) is -0.370. The van der Waals surface area contributed by atoms with Crippen LogP contribution >= 0.6 is 11.6 Å². The van der Waals surface area contributed by atoms with Crippen molar-refractivity contribution in [3.8, 4) is 5.69 Å². The number of fused-ring (bicyclic) bond motifs is 1. The number of amides is 1. The minimum Gasteiger partial charge on any atom is -0.324 e. The van der Waals surface area contributed by atoms with Crippen LogP contribution in [0.4, 0.5) is 5.69 Å². The Balaban J connectivity index is 1.71. The van der Waals surface area contributed by atoms with Crippen LogP contribution in [0.2, 0.25) is 5.02 Å².